The van der Waals surface area contributed by atoms with Gasteiger partial charge in [-0.05, 0) is 30.7 Å². The topological polar surface area (TPSA) is 77.2 Å². The van der Waals surface area contributed by atoms with E-state index in [1.54, 1.807) is 30.6 Å². The Kier molecular flexibility index (Phi) is 4.94. The van der Waals surface area contributed by atoms with Gasteiger partial charge in [0.05, 0.1) is 24.2 Å². The first-order valence-corrected chi connectivity index (χ1v) is 6.43. The number of carbonyl (C=O) groups excluding carboxylic acids is 1. The zero-order chi connectivity index (χ0) is 14.2. The Morgan fingerprint density at radius 3 is 2.85 bits per heavy atom. The Bertz CT molecular complexity index is 558. The largest absolute Gasteiger partial charge is 0.491 e. The number of aromatic nitrogens is 1. The van der Waals surface area contributed by atoms with Crippen LogP contribution < -0.4 is 15.8 Å². The van der Waals surface area contributed by atoms with Crippen LogP contribution in [0.5, 0.6) is 5.75 Å². The van der Waals surface area contributed by atoms with E-state index in [1.165, 1.54) is 0 Å². The van der Waals surface area contributed by atoms with Gasteiger partial charge in [-0.15, -0.1) is 0 Å². The number of nitrogens with zero attached hydrogens (tertiary/aromatic N) is 1. The standard InChI is InChI=1S/C15H17N3O2/c16-13-6-1-2-7-14(13)20-10-4-8-15(19)18-12-5-3-9-17-11-12/h1-3,5-7,9,11H,4,8,10,16H2,(H,18,19). The molecule has 5 heteroatoms. The molecule has 1 heterocycles. The summed E-state index contributed by atoms with van der Waals surface area (Å²) < 4.78 is 5.52. The molecule has 0 saturated heterocycles. The van der Waals surface area contributed by atoms with Crippen molar-refractivity contribution in [3.8, 4) is 5.75 Å². The Labute approximate surface area is 117 Å². The van der Waals surface area contributed by atoms with E-state index in [0.717, 1.165) is 0 Å². The zero-order valence-electron chi connectivity index (χ0n) is 11.1. The van der Waals surface area contributed by atoms with Crippen molar-refractivity contribution < 1.29 is 9.53 Å². The molecule has 3 N–H and O–H groups in total. The molecule has 0 fully saturated rings. The lowest BCUT2D eigenvalue weighted by molar-refractivity contribution is -0.116. The van der Waals surface area contributed by atoms with Crippen LogP contribution in [0.25, 0.3) is 0 Å². The predicted molar refractivity (Wildman–Crippen MR) is 78.5 cm³/mol. The molecular formula is C15H17N3O2. The average Bonchev–Trinajstić information content (AvgIpc) is 2.46. The minimum absolute atomic E-state index is 0.0531. The molecule has 0 aliphatic rings. The van der Waals surface area contributed by atoms with E-state index in [4.69, 9.17) is 10.5 Å². The van der Waals surface area contributed by atoms with Crippen LogP contribution >= 0.6 is 0 Å². The van der Waals surface area contributed by atoms with Crippen LogP contribution in [0.15, 0.2) is 48.8 Å². The van der Waals surface area contributed by atoms with Crippen molar-refractivity contribution in [3.05, 3.63) is 48.8 Å². The number of amides is 1. The number of anilines is 2. The van der Waals surface area contributed by atoms with Gasteiger partial charge in [0.2, 0.25) is 5.91 Å². The molecular weight excluding hydrogens is 254 g/mol. The fourth-order valence-electron chi connectivity index (χ4n) is 1.69. The lowest BCUT2D eigenvalue weighted by Gasteiger charge is -2.08. The molecule has 1 aromatic carbocycles. The molecule has 0 spiro atoms. The maximum atomic E-state index is 11.7. The van der Waals surface area contributed by atoms with E-state index < -0.39 is 0 Å². The molecule has 104 valence electrons. The number of hydrogen-bond acceptors (Lipinski definition) is 4. The summed E-state index contributed by atoms with van der Waals surface area (Å²) in [7, 11) is 0. The third-order valence-corrected chi connectivity index (χ3v) is 2.67. The molecule has 2 aromatic rings. The molecule has 0 atom stereocenters. The maximum absolute atomic E-state index is 11.7. The highest BCUT2D eigenvalue weighted by atomic mass is 16.5. The summed E-state index contributed by atoms with van der Waals surface area (Å²) in [5.41, 5.74) is 7.06. The number of nitrogens with two attached hydrogens (primary N) is 1. The summed E-state index contributed by atoms with van der Waals surface area (Å²) in [4.78, 5) is 15.6. The number of nitrogen functional groups attached to an aromatic ring is 1. The quantitative estimate of drug-likeness (QED) is 0.625. The predicted octanol–water partition coefficient (Wildman–Crippen LogP) is 2.46. The molecule has 0 aliphatic heterocycles. The molecule has 0 aliphatic carbocycles. The Morgan fingerprint density at radius 2 is 2.10 bits per heavy atom. The van der Waals surface area contributed by atoms with Crippen LogP contribution in [-0.4, -0.2) is 17.5 Å². The second kappa shape index (κ2) is 7.13. The van der Waals surface area contributed by atoms with E-state index in [1.807, 2.05) is 18.2 Å². The van der Waals surface area contributed by atoms with Crippen LogP contribution in [0.1, 0.15) is 12.8 Å². The van der Waals surface area contributed by atoms with Gasteiger partial charge < -0.3 is 15.8 Å². The molecule has 0 radical (unpaired) electrons. The van der Waals surface area contributed by atoms with Crippen molar-refractivity contribution >= 4 is 17.3 Å². The fraction of sp³-hybridized carbons (Fsp3) is 0.200. The third kappa shape index (κ3) is 4.28. The lowest BCUT2D eigenvalue weighted by atomic mass is 10.3. The molecule has 20 heavy (non-hydrogen) atoms. The van der Waals surface area contributed by atoms with Crippen LogP contribution in [0.2, 0.25) is 0 Å². The summed E-state index contributed by atoms with van der Waals surface area (Å²) in [6.45, 7) is 0.453. The van der Waals surface area contributed by atoms with Crippen molar-refractivity contribution in [2.24, 2.45) is 0 Å². The van der Waals surface area contributed by atoms with Gasteiger partial charge in [-0.2, -0.15) is 0 Å². The number of benzene rings is 1. The first-order valence-electron chi connectivity index (χ1n) is 6.43. The van der Waals surface area contributed by atoms with Crippen LogP contribution in [0, 0.1) is 0 Å². The van der Waals surface area contributed by atoms with Crippen LogP contribution in [0.4, 0.5) is 11.4 Å². The van der Waals surface area contributed by atoms with Crippen LogP contribution in [-0.2, 0) is 4.79 Å². The normalized spacial score (nSPS) is 10.0. The van der Waals surface area contributed by atoms with Crippen molar-refractivity contribution in [1.82, 2.24) is 4.98 Å². The highest BCUT2D eigenvalue weighted by Gasteiger charge is 2.03. The van der Waals surface area contributed by atoms with E-state index in [9.17, 15) is 4.79 Å². The van der Waals surface area contributed by atoms with Gasteiger partial charge in [0, 0.05) is 12.6 Å². The van der Waals surface area contributed by atoms with Crippen LogP contribution in [0.3, 0.4) is 0 Å². The number of hydrogen-bond donors (Lipinski definition) is 2. The summed E-state index contributed by atoms with van der Waals surface area (Å²) >= 11 is 0. The summed E-state index contributed by atoms with van der Waals surface area (Å²) in [6.07, 6.45) is 4.29. The Hall–Kier alpha value is -2.56. The van der Waals surface area contributed by atoms with Crippen molar-refractivity contribution in [2.45, 2.75) is 12.8 Å². The molecule has 0 bridgehead atoms. The molecule has 5 nitrogen and oxygen atoms in total. The van der Waals surface area contributed by atoms with Gasteiger partial charge in [-0.3, -0.25) is 9.78 Å². The number of carbonyl (C=O) groups is 1. The lowest BCUT2D eigenvalue weighted by Crippen LogP contribution is -2.13. The van der Waals surface area contributed by atoms with Crippen molar-refractivity contribution in [2.75, 3.05) is 17.7 Å². The average molecular weight is 271 g/mol. The van der Waals surface area contributed by atoms with Gasteiger partial charge in [0.15, 0.2) is 0 Å². The monoisotopic (exact) mass is 271 g/mol. The van der Waals surface area contributed by atoms with Gasteiger partial charge in [-0.1, -0.05) is 12.1 Å². The Balaban J connectivity index is 1.69. The molecule has 1 aromatic heterocycles. The van der Waals surface area contributed by atoms with E-state index in [2.05, 4.69) is 10.3 Å². The van der Waals surface area contributed by atoms with Gasteiger partial charge in [0.25, 0.3) is 0 Å². The highest BCUT2D eigenvalue weighted by Crippen LogP contribution is 2.19. The third-order valence-electron chi connectivity index (χ3n) is 2.67. The summed E-state index contributed by atoms with van der Waals surface area (Å²) in [5, 5.41) is 2.77. The SMILES string of the molecule is Nc1ccccc1OCCCC(=O)Nc1cccnc1. The zero-order valence-corrected chi connectivity index (χ0v) is 11.1. The van der Waals surface area contributed by atoms with E-state index in [-0.39, 0.29) is 5.91 Å². The van der Waals surface area contributed by atoms with Gasteiger partial charge in [-0.25, -0.2) is 0 Å². The first-order chi connectivity index (χ1) is 9.75. The highest BCUT2D eigenvalue weighted by molar-refractivity contribution is 5.90. The van der Waals surface area contributed by atoms with E-state index >= 15 is 0 Å². The van der Waals surface area contributed by atoms with Crippen molar-refractivity contribution in [3.63, 3.8) is 0 Å². The molecule has 2 rings (SSSR count). The summed E-state index contributed by atoms with van der Waals surface area (Å²) in [5.74, 6) is 0.600. The molecule has 0 unspecified atom stereocenters. The summed E-state index contributed by atoms with van der Waals surface area (Å²) in [6, 6.07) is 10.9. The Morgan fingerprint density at radius 1 is 1.25 bits per heavy atom. The fourth-order valence-corrected chi connectivity index (χ4v) is 1.69. The van der Waals surface area contributed by atoms with E-state index in [0.29, 0.717) is 36.6 Å². The minimum Gasteiger partial charge on any atom is -0.491 e. The second-order valence-electron chi connectivity index (χ2n) is 4.28. The number of nitrogens with one attached hydrogen (secondary N) is 1. The second-order valence-corrected chi connectivity index (χ2v) is 4.28. The van der Waals surface area contributed by atoms with Gasteiger partial charge >= 0.3 is 0 Å². The first kappa shape index (κ1) is 13.9. The maximum Gasteiger partial charge on any atom is 0.224 e. The number of pyridine rings is 1. The smallest absolute Gasteiger partial charge is 0.224 e. The minimum atomic E-state index is -0.0531. The number of rotatable bonds is 6. The molecule has 0 saturated carbocycles. The number of ether oxygens (including phenoxy) is 1. The number of para-hydroxylation sites is 2. The van der Waals surface area contributed by atoms with Crippen molar-refractivity contribution in [1.29, 1.82) is 0 Å². The molecule has 1 amide bonds. The van der Waals surface area contributed by atoms with Gasteiger partial charge in [0.1, 0.15) is 5.75 Å².